The predicted octanol–water partition coefficient (Wildman–Crippen LogP) is 5.04. The van der Waals surface area contributed by atoms with Crippen LogP contribution in [-0.2, 0) is 6.61 Å². The summed E-state index contributed by atoms with van der Waals surface area (Å²) in [5, 5.41) is 2.38. The molecule has 3 aromatic rings. The second-order valence-electron chi connectivity index (χ2n) is 5.20. The zero-order valence-corrected chi connectivity index (χ0v) is 11.9. The first-order valence-electron chi connectivity index (χ1n) is 6.91. The summed E-state index contributed by atoms with van der Waals surface area (Å²) in [7, 11) is 0. The second kappa shape index (κ2) is 5.38. The fraction of sp³-hybridized carbons (Fsp3) is 0.158. The Bertz CT molecular complexity index is 738. The molecule has 0 N–H and O–H groups in total. The molecule has 0 aliphatic rings. The van der Waals surface area contributed by atoms with Gasteiger partial charge in [-0.05, 0) is 36.4 Å². The molecule has 0 unspecified atom stereocenters. The van der Waals surface area contributed by atoms with E-state index in [2.05, 4.69) is 56.3 Å². The van der Waals surface area contributed by atoms with Gasteiger partial charge in [0.05, 0.1) is 0 Å². The summed E-state index contributed by atoms with van der Waals surface area (Å²) in [5.41, 5.74) is 3.79. The molecule has 0 amide bonds. The summed E-state index contributed by atoms with van der Waals surface area (Å²) in [5.74, 6) is 0.948. The van der Waals surface area contributed by atoms with Gasteiger partial charge in [0.15, 0.2) is 0 Å². The average Bonchev–Trinajstić information content (AvgIpc) is 2.48. The predicted molar refractivity (Wildman–Crippen MR) is 84.2 cm³/mol. The molecule has 1 nitrogen and oxygen atoms in total. The Balaban J connectivity index is 1.89. The number of fused-ring (bicyclic) bond motifs is 1. The van der Waals surface area contributed by atoms with Crippen LogP contribution in [0.2, 0.25) is 0 Å². The van der Waals surface area contributed by atoms with Crippen LogP contribution in [0.5, 0.6) is 5.75 Å². The fourth-order valence-electron chi connectivity index (χ4n) is 2.43. The number of ether oxygens (including phenoxy) is 1. The molecule has 0 spiro atoms. The molecule has 1 heteroatoms. The summed E-state index contributed by atoms with van der Waals surface area (Å²) in [6.07, 6.45) is 0. The standard InChI is InChI=1S/C19H18O/c1-14-10-11-15(2)17(12-14)13-20-19-9-5-7-16-6-3-4-8-18(16)19/h3-12H,13H2,1-2H3. The third-order valence-corrected chi connectivity index (χ3v) is 3.64. The van der Waals surface area contributed by atoms with Gasteiger partial charge in [0, 0.05) is 5.39 Å². The maximum absolute atomic E-state index is 6.04. The molecule has 100 valence electrons. The van der Waals surface area contributed by atoms with Crippen LogP contribution >= 0.6 is 0 Å². The molecule has 0 aliphatic heterocycles. The van der Waals surface area contributed by atoms with Gasteiger partial charge in [0.1, 0.15) is 12.4 Å². The lowest BCUT2D eigenvalue weighted by molar-refractivity contribution is 0.309. The summed E-state index contributed by atoms with van der Waals surface area (Å²) in [6, 6.07) is 21.0. The van der Waals surface area contributed by atoms with E-state index in [1.54, 1.807) is 0 Å². The first-order valence-corrected chi connectivity index (χ1v) is 6.91. The van der Waals surface area contributed by atoms with Gasteiger partial charge in [0.2, 0.25) is 0 Å². The lowest BCUT2D eigenvalue weighted by Gasteiger charge is -2.11. The van der Waals surface area contributed by atoms with Crippen LogP contribution < -0.4 is 4.74 Å². The fourth-order valence-corrected chi connectivity index (χ4v) is 2.43. The van der Waals surface area contributed by atoms with Crippen LogP contribution in [0.15, 0.2) is 60.7 Å². The maximum atomic E-state index is 6.04. The van der Waals surface area contributed by atoms with E-state index in [9.17, 15) is 0 Å². The third-order valence-electron chi connectivity index (χ3n) is 3.64. The molecule has 0 saturated heterocycles. The van der Waals surface area contributed by atoms with Crippen molar-refractivity contribution in [3.05, 3.63) is 77.4 Å². The zero-order chi connectivity index (χ0) is 13.9. The molecule has 0 aromatic heterocycles. The van der Waals surface area contributed by atoms with Crippen molar-refractivity contribution in [1.82, 2.24) is 0 Å². The minimum atomic E-state index is 0.613. The van der Waals surface area contributed by atoms with E-state index in [1.807, 2.05) is 18.2 Å². The molecule has 0 aliphatic carbocycles. The number of benzene rings is 3. The summed E-state index contributed by atoms with van der Waals surface area (Å²) in [4.78, 5) is 0. The Hall–Kier alpha value is -2.28. The molecule has 0 saturated carbocycles. The number of aryl methyl sites for hydroxylation is 2. The molecule has 0 fully saturated rings. The van der Waals surface area contributed by atoms with Crippen LogP contribution in [-0.4, -0.2) is 0 Å². The summed E-state index contributed by atoms with van der Waals surface area (Å²) < 4.78 is 6.04. The lowest BCUT2D eigenvalue weighted by atomic mass is 10.1. The van der Waals surface area contributed by atoms with Crippen LogP contribution in [0.25, 0.3) is 10.8 Å². The summed E-state index contributed by atoms with van der Waals surface area (Å²) in [6.45, 7) is 4.85. The normalized spacial score (nSPS) is 10.7. The van der Waals surface area contributed by atoms with E-state index in [4.69, 9.17) is 4.74 Å². The second-order valence-corrected chi connectivity index (χ2v) is 5.20. The molecule has 0 bridgehead atoms. The maximum Gasteiger partial charge on any atom is 0.127 e. The highest BCUT2D eigenvalue weighted by Crippen LogP contribution is 2.26. The van der Waals surface area contributed by atoms with E-state index in [1.165, 1.54) is 27.5 Å². The van der Waals surface area contributed by atoms with Gasteiger partial charge in [-0.2, -0.15) is 0 Å². The van der Waals surface area contributed by atoms with Crippen molar-refractivity contribution in [3.63, 3.8) is 0 Å². The van der Waals surface area contributed by atoms with Gasteiger partial charge in [-0.3, -0.25) is 0 Å². The Labute approximate surface area is 119 Å². The SMILES string of the molecule is Cc1ccc(C)c(COc2cccc3ccccc23)c1. The highest BCUT2D eigenvalue weighted by atomic mass is 16.5. The molecule has 0 heterocycles. The van der Waals surface area contributed by atoms with E-state index in [0.29, 0.717) is 6.61 Å². The smallest absolute Gasteiger partial charge is 0.127 e. The molecule has 20 heavy (non-hydrogen) atoms. The molecule has 3 rings (SSSR count). The molecule has 0 atom stereocenters. The van der Waals surface area contributed by atoms with Crippen LogP contribution in [0.4, 0.5) is 0 Å². The van der Waals surface area contributed by atoms with E-state index in [-0.39, 0.29) is 0 Å². The Morgan fingerprint density at radius 3 is 2.55 bits per heavy atom. The average molecular weight is 262 g/mol. The van der Waals surface area contributed by atoms with Crippen molar-refractivity contribution >= 4 is 10.8 Å². The highest BCUT2D eigenvalue weighted by molar-refractivity contribution is 5.88. The Morgan fingerprint density at radius 2 is 1.65 bits per heavy atom. The number of hydrogen-bond donors (Lipinski definition) is 0. The summed E-state index contributed by atoms with van der Waals surface area (Å²) >= 11 is 0. The monoisotopic (exact) mass is 262 g/mol. The lowest BCUT2D eigenvalue weighted by Crippen LogP contribution is -1.98. The molecular formula is C19H18O. The zero-order valence-electron chi connectivity index (χ0n) is 11.9. The van der Waals surface area contributed by atoms with Gasteiger partial charge in [-0.1, -0.05) is 60.2 Å². The van der Waals surface area contributed by atoms with Crippen molar-refractivity contribution in [1.29, 1.82) is 0 Å². The molecule has 0 radical (unpaired) electrons. The van der Waals surface area contributed by atoms with Gasteiger partial charge >= 0.3 is 0 Å². The Kier molecular flexibility index (Phi) is 3.42. The Morgan fingerprint density at radius 1 is 0.850 bits per heavy atom. The van der Waals surface area contributed by atoms with Crippen molar-refractivity contribution in [2.45, 2.75) is 20.5 Å². The topological polar surface area (TPSA) is 9.23 Å². The number of hydrogen-bond acceptors (Lipinski definition) is 1. The first-order chi connectivity index (χ1) is 9.74. The van der Waals surface area contributed by atoms with Crippen molar-refractivity contribution in [2.24, 2.45) is 0 Å². The van der Waals surface area contributed by atoms with Gasteiger partial charge < -0.3 is 4.74 Å². The molecular weight excluding hydrogens is 244 g/mol. The van der Waals surface area contributed by atoms with Gasteiger partial charge in [-0.25, -0.2) is 0 Å². The highest BCUT2D eigenvalue weighted by Gasteiger charge is 2.03. The van der Waals surface area contributed by atoms with Crippen molar-refractivity contribution < 1.29 is 4.74 Å². The minimum absolute atomic E-state index is 0.613. The van der Waals surface area contributed by atoms with E-state index < -0.39 is 0 Å². The third kappa shape index (κ3) is 2.53. The molecule has 3 aromatic carbocycles. The van der Waals surface area contributed by atoms with Crippen molar-refractivity contribution in [3.8, 4) is 5.75 Å². The van der Waals surface area contributed by atoms with E-state index >= 15 is 0 Å². The van der Waals surface area contributed by atoms with Crippen LogP contribution in [0.3, 0.4) is 0 Å². The first kappa shape index (κ1) is 12.7. The quantitative estimate of drug-likeness (QED) is 0.643. The van der Waals surface area contributed by atoms with Gasteiger partial charge in [-0.15, -0.1) is 0 Å². The number of rotatable bonds is 3. The van der Waals surface area contributed by atoms with Crippen LogP contribution in [0.1, 0.15) is 16.7 Å². The minimum Gasteiger partial charge on any atom is -0.488 e. The largest absolute Gasteiger partial charge is 0.488 e. The van der Waals surface area contributed by atoms with E-state index in [0.717, 1.165) is 5.75 Å². The van der Waals surface area contributed by atoms with Gasteiger partial charge in [0.25, 0.3) is 0 Å². The van der Waals surface area contributed by atoms with Crippen molar-refractivity contribution in [2.75, 3.05) is 0 Å². The van der Waals surface area contributed by atoms with Crippen LogP contribution in [0, 0.1) is 13.8 Å².